The minimum atomic E-state index is -0.317. The van der Waals surface area contributed by atoms with Crippen molar-refractivity contribution in [2.24, 2.45) is 11.8 Å². The van der Waals surface area contributed by atoms with Gasteiger partial charge in [0, 0.05) is 5.56 Å². The van der Waals surface area contributed by atoms with Crippen LogP contribution in [0.25, 0.3) is 0 Å². The van der Waals surface area contributed by atoms with Crippen molar-refractivity contribution >= 4 is 0 Å². The smallest absolute Gasteiger partial charge is 0.169 e. The molecule has 2 atom stereocenters. The summed E-state index contributed by atoms with van der Waals surface area (Å²) in [6.45, 7) is 4.27. The summed E-state index contributed by atoms with van der Waals surface area (Å²) in [5.41, 5.74) is 3.36. The fourth-order valence-electron chi connectivity index (χ4n) is 2.48. The lowest BCUT2D eigenvalue weighted by Crippen LogP contribution is -2.34. The molecule has 0 aromatic heterocycles. The number of ether oxygens (including phenoxy) is 1. The normalized spacial score (nSPS) is 14.2. The topological polar surface area (TPSA) is 47.3 Å². The molecule has 0 radical (unpaired) electrons. The Labute approximate surface area is 115 Å². The summed E-state index contributed by atoms with van der Waals surface area (Å²) in [6.07, 6.45) is 4.26. The number of hydrazine groups is 1. The second kappa shape index (κ2) is 8.12. The van der Waals surface area contributed by atoms with Gasteiger partial charge >= 0.3 is 0 Å². The van der Waals surface area contributed by atoms with Crippen LogP contribution < -0.4 is 16.0 Å². The fraction of sp³-hybridized carbons (Fsp3) is 0.600. The predicted octanol–water partition coefficient (Wildman–Crippen LogP) is 3.56. The van der Waals surface area contributed by atoms with Crippen molar-refractivity contribution in [1.82, 2.24) is 5.43 Å². The van der Waals surface area contributed by atoms with Crippen molar-refractivity contribution in [2.75, 3.05) is 7.11 Å². The number of unbranched alkanes of at least 4 members (excludes halogenated alkanes) is 1. The quantitative estimate of drug-likeness (QED) is 0.560. The molecule has 3 N–H and O–H groups in total. The van der Waals surface area contributed by atoms with Gasteiger partial charge < -0.3 is 4.74 Å². The zero-order chi connectivity index (χ0) is 14.3. The van der Waals surface area contributed by atoms with Gasteiger partial charge in [-0.15, -0.1) is 0 Å². The Morgan fingerprint density at radius 2 is 2.11 bits per heavy atom. The van der Waals surface area contributed by atoms with E-state index in [1.807, 2.05) is 0 Å². The van der Waals surface area contributed by atoms with Crippen LogP contribution in [0.3, 0.4) is 0 Å². The van der Waals surface area contributed by atoms with Crippen molar-refractivity contribution in [3.63, 3.8) is 0 Å². The van der Waals surface area contributed by atoms with Gasteiger partial charge in [0.25, 0.3) is 0 Å². The van der Waals surface area contributed by atoms with E-state index in [1.165, 1.54) is 7.11 Å². The summed E-state index contributed by atoms with van der Waals surface area (Å²) in [7, 11) is 1.47. The van der Waals surface area contributed by atoms with Crippen molar-refractivity contribution in [3.8, 4) is 5.75 Å². The minimum Gasteiger partial charge on any atom is -0.494 e. The third kappa shape index (κ3) is 3.91. The maximum absolute atomic E-state index is 14.3. The van der Waals surface area contributed by atoms with Crippen molar-refractivity contribution in [1.29, 1.82) is 0 Å². The number of halogens is 1. The lowest BCUT2D eigenvalue weighted by Gasteiger charge is -2.26. The Kier molecular flexibility index (Phi) is 6.81. The van der Waals surface area contributed by atoms with Gasteiger partial charge in [-0.2, -0.15) is 0 Å². The largest absolute Gasteiger partial charge is 0.494 e. The molecule has 108 valence electrons. The maximum Gasteiger partial charge on any atom is 0.169 e. The molecule has 1 aromatic rings. The molecule has 0 fully saturated rings. The number of nitrogens with one attached hydrogen (secondary N) is 1. The van der Waals surface area contributed by atoms with E-state index in [4.69, 9.17) is 10.6 Å². The third-order valence-corrected chi connectivity index (χ3v) is 3.65. The summed E-state index contributed by atoms with van der Waals surface area (Å²) >= 11 is 0. The molecule has 0 saturated heterocycles. The number of nitrogens with two attached hydrogens (primary N) is 1. The molecule has 1 aromatic carbocycles. The molecule has 19 heavy (non-hydrogen) atoms. The Bertz CT molecular complexity index is 384. The van der Waals surface area contributed by atoms with E-state index in [2.05, 4.69) is 19.3 Å². The van der Waals surface area contributed by atoms with Crippen LogP contribution in [-0.2, 0) is 0 Å². The third-order valence-electron chi connectivity index (χ3n) is 3.65. The first kappa shape index (κ1) is 15.9. The molecule has 0 spiro atoms. The number of methoxy groups -OCH3 is 1. The summed E-state index contributed by atoms with van der Waals surface area (Å²) in [6, 6.07) is 5.02. The lowest BCUT2D eigenvalue weighted by atomic mass is 9.87. The van der Waals surface area contributed by atoms with Crippen molar-refractivity contribution in [2.45, 2.75) is 45.6 Å². The molecule has 2 unspecified atom stereocenters. The van der Waals surface area contributed by atoms with Gasteiger partial charge in [-0.1, -0.05) is 45.2 Å². The van der Waals surface area contributed by atoms with Crippen LogP contribution in [0.1, 0.15) is 51.1 Å². The highest BCUT2D eigenvalue weighted by atomic mass is 19.1. The van der Waals surface area contributed by atoms with E-state index in [9.17, 15) is 4.39 Å². The van der Waals surface area contributed by atoms with Crippen LogP contribution in [0.15, 0.2) is 18.2 Å². The van der Waals surface area contributed by atoms with E-state index in [0.717, 1.165) is 25.7 Å². The summed E-state index contributed by atoms with van der Waals surface area (Å²) in [4.78, 5) is 0. The van der Waals surface area contributed by atoms with E-state index in [-0.39, 0.29) is 17.6 Å². The Hall–Kier alpha value is -1.13. The van der Waals surface area contributed by atoms with Crippen molar-refractivity contribution in [3.05, 3.63) is 29.6 Å². The highest BCUT2D eigenvalue weighted by Crippen LogP contribution is 2.32. The molecule has 4 heteroatoms. The first-order valence-electron chi connectivity index (χ1n) is 6.98. The highest BCUT2D eigenvalue weighted by molar-refractivity contribution is 5.33. The van der Waals surface area contributed by atoms with E-state index in [1.54, 1.807) is 18.2 Å². The van der Waals surface area contributed by atoms with E-state index in [0.29, 0.717) is 11.5 Å². The van der Waals surface area contributed by atoms with Crippen LogP contribution in [-0.4, -0.2) is 7.11 Å². The van der Waals surface area contributed by atoms with Gasteiger partial charge in [-0.05, 0) is 18.4 Å². The zero-order valence-corrected chi connectivity index (χ0v) is 12.1. The lowest BCUT2D eigenvalue weighted by molar-refractivity contribution is 0.313. The van der Waals surface area contributed by atoms with Crippen LogP contribution in [0, 0.1) is 11.7 Å². The Morgan fingerprint density at radius 1 is 1.37 bits per heavy atom. The monoisotopic (exact) mass is 268 g/mol. The van der Waals surface area contributed by atoms with Gasteiger partial charge in [0.15, 0.2) is 11.6 Å². The van der Waals surface area contributed by atoms with Crippen LogP contribution in [0.2, 0.25) is 0 Å². The summed E-state index contributed by atoms with van der Waals surface area (Å²) in [5, 5.41) is 0. The number of hydrogen-bond acceptors (Lipinski definition) is 3. The molecule has 0 bridgehead atoms. The molecule has 1 rings (SSSR count). The molecule has 0 aliphatic rings. The number of hydrogen-bond donors (Lipinski definition) is 2. The minimum absolute atomic E-state index is 0.174. The fourth-order valence-corrected chi connectivity index (χ4v) is 2.48. The molecular weight excluding hydrogens is 243 g/mol. The van der Waals surface area contributed by atoms with Crippen LogP contribution >= 0.6 is 0 Å². The zero-order valence-electron chi connectivity index (χ0n) is 12.1. The molecule has 0 saturated carbocycles. The Morgan fingerprint density at radius 3 is 2.63 bits per heavy atom. The van der Waals surface area contributed by atoms with Gasteiger partial charge in [0.05, 0.1) is 13.2 Å². The average Bonchev–Trinajstić information content (AvgIpc) is 2.44. The standard InChI is InChI=1S/C15H25FN2O/c1-4-6-8-11(5-2)15(18-17)12-9-7-10-13(19-3)14(12)16/h7,9-11,15,18H,4-6,8,17H2,1-3H3. The molecular formula is C15H25FN2O. The van der Waals surface area contributed by atoms with Crippen LogP contribution in [0.4, 0.5) is 4.39 Å². The second-order valence-corrected chi connectivity index (χ2v) is 4.82. The molecule has 0 heterocycles. The summed E-state index contributed by atoms with van der Waals surface area (Å²) in [5.74, 6) is 5.93. The second-order valence-electron chi connectivity index (χ2n) is 4.82. The highest BCUT2D eigenvalue weighted by Gasteiger charge is 2.24. The van der Waals surface area contributed by atoms with Gasteiger partial charge in [0.2, 0.25) is 0 Å². The van der Waals surface area contributed by atoms with Gasteiger partial charge in [0.1, 0.15) is 0 Å². The van der Waals surface area contributed by atoms with Gasteiger partial charge in [-0.25, -0.2) is 4.39 Å². The predicted molar refractivity (Wildman–Crippen MR) is 76.3 cm³/mol. The average molecular weight is 268 g/mol. The molecule has 3 nitrogen and oxygen atoms in total. The SMILES string of the molecule is CCCCC(CC)C(NN)c1cccc(OC)c1F. The van der Waals surface area contributed by atoms with E-state index < -0.39 is 0 Å². The maximum atomic E-state index is 14.3. The first-order chi connectivity index (χ1) is 9.19. The number of benzene rings is 1. The Balaban J connectivity index is 3.01. The van der Waals surface area contributed by atoms with Crippen molar-refractivity contribution < 1.29 is 9.13 Å². The molecule has 0 amide bonds. The van der Waals surface area contributed by atoms with Gasteiger partial charge in [-0.3, -0.25) is 11.3 Å². The molecule has 0 aliphatic heterocycles. The first-order valence-corrected chi connectivity index (χ1v) is 6.98. The molecule has 0 aliphatic carbocycles. The number of rotatable bonds is 8. The summed E-state index contributed by atoms with van der Waals surface area (Å²) < 4.78 is 19.3. The van der Waals surface area contributed by atoms with Crippen LogP contribution in [0.5, 0.6) is 5.75 Å². The van der Waals surface area contributed by atoms with E-state index >= 15 is 0 Å².